The van der Waals surface area contributed by atoms with Crippen LogP contribution in [0.1, 0.15) is 17.5 Å². The zero-order chi connectivity index (χ0) is 17.7. The Morgan fingerprint density at radius 3 is 2.33 bits per heavy atom. The SMILES string of the molecule is Cc1ccc(NC(=O)CCNS(=O)(=O)c2ccc(F)cc2)cc1C. The first-order valence-electron chi connectivity index (χ1n) is 7.40. The minimum Gasteiger partial charge on any atom is -0.326 e. The lowest BCUT2D eigenvalue weighted by Crippen LogP contribution is -2.27. The van der Waals surface area contributed by atoms with Crippen molar-refractivity contribution in [1.29, 1.82) is 0 Å². The van der Waals surface area contributed by atoms with E-state index in [0.29, 0.717) is 5.69 Å². The molecular formula is C17H19FN2O3S. The zero-order valence-corrected chi connectivity index (χ0v) is 14.3. The smallest absolute Gasteiger partial charge is 0.240 e. The van der Waals surface area contributed by atoms with Gasteiger partial charge in [-0.05, 0) is 61.4 Å². The molecule has 0 aliphatic rings. The lowest BCUT2D eigenvalue weighted by Gasteiger charge is -2.09. The summed E-state index contributed by atoms with van der Waals surface area (Å²) >= 11 is 0. The van der Waals surface area contributed by atoms with E-state index in [1.165, 1.54) is 12.1 Å². The molecule has 2 aromatic carbocycles. The number of rotatable bonds is 6. The average molecular weight is 350 g/mol. The first kappa shape index (κ1) is 18.1. The maximum atomic E-state index is 12.8. The van der Waals surface area contributed by atoms with Gasteiger partial charge in [0.25, 0.3) is 0 Å². The molecule has 0 bridgehead atoms. The molecule has 0 aromatic heterocycles. The Bertz CT molecular complexity index is 833. The molecule has 7 heteroatoms. The Balaban J connectivity index is 1.87. The van der Waals surface area contributed by atoms with Gasteiger partial charge in [0.05, 0.1) is 4.90 Å². The third-order valence-electron chi connectivity index (χ3n) is 3.56. The van der Waals surface area contributed by atoms with Crippen LogP contribution >= 0.6 is 0 Å². The molecule has 0 saturated heterocycles. The van der Waals surface area contributed by atoms with Crippen molar-refractivity contribution in [3.63, 3.8) is 0 Å². The van der Waals surface area contributed by atoms with Crippen LogP contribution in [0.5, 0.6) is 0 Å². The second kappa shape index (κ2) is 7.55. The van der Waals surface area contributed by atoms with Crippen molar-refractivity contribution in [2.75, 3.05) is 11.9 Å². The Hall–Kier alpha value is -2.25. The minimum absolute atomic E-state index is 0.00660. The van der Waals surface area contributed by atoms with E-state index in [4.69, 9.17) is 0 Å². The number of halogens is 1. The van der Waals surface area contributed by atoms with E-state index >= 15 is 0 Å². The number of amides is 1. The van der Waals surface area contributed by atoms with Gasteiger partial charge < -0.3 is 5.32 Å². The van der Waals surface area contributed by atoms with Crippen LogP contribution in [-0.4, -0.2) is 20.9 Å². The molecule has 0 aliphatic carbocycles. The van der Waals surface area contributed by atoms with Gasteiger partial charge in [0.15, 0.2) is 0 Å². The monoisotopic (exact) mass is 350 g/mol. The fraction of sp³-hybridized carbons (Fsp3) is 0.235. The first-order chi connectivity index (χ1) is 11.3. The average Bonchev–Trinajstić information content (AvgIpc) is 2.51. The Kier molecular flexibility index (Phi) is 5.69. The number of anilines is 1. The molecular weight excluding hydrogens is 331 g/mol. The highest BCUT2D eigenvalue weighted by Gasteiger charge is 2.14. The van der Waals surface area contributed by atoms with E-state index in [9.17, 15) is 17.6 Å². The maximum Gasteiger partial charge on any atom is 0.240 e. The summed E-state index contributed by atoms with van der Waals surface area (Å²) in [5, 5.41) is 2.72. The Morgan fingerprint density at radius 1 is 1.04 bits per heavy atom. The van der Waals surface area contributed by atoms with Crippen LogP contribution in [0.3, 0.4) is 0 Å². The molecule has 0 spiro atoms. The number of hydrogen-bond donors (Lipinski definition) is 2. The van der Waals surface area contributed by atoms with E-state index in [-0.39, 0.29) is 23.8 Å². The largest absolute Gasteiger partial charge is 0.326 e. The molecule has 0 fully saturated rings. The third kappa shape index (κ3) is 4.87. The highest BCUT2D eigenvalue weighted by Crippen LogP contribution is 2.14. The van der Waals surface area contributed by atoms with Gasteiger partial charge in [-0.25, -0.2) is 17.5 Å². The second-order valence-electron chi connectivity index (χ2n) is 5.45. The Labute approximate surface area is 141 Å². The highest BCUT2D eigenvalue weighted by atomic mass is 32.2. The standard InChI is InChI=1S/C17H19FN2O3S/c1-12-3-6-15(11-13(12)2)20-17(21)9-10-19-24(22,23)16-7-4-14(18)5-8-16/h3-8,11,19H,9-10H2,1-2H3,(H,20,21). The molecule has 1 amide bonds. The number of nitrogens with one attached hydrogen (secondary N) is 2. The van der Waals surface area contributed by atoms with Gasteiger partial charge in [-0.15, -0.1) is 0 Å². The van der Waals surface area contributed by atoms with Crippen molar-refractivity contribution >= 4 is 21.6 Å². The second-order valence-corrected chi connectivity index (χ2v) is 7.22. The van der Waals surface area contributed by atoms with Gasteiger partial charge in [-0.2, -0.15) is 0 Å². The van der Waals surface area contributed by atoms with Crippen LogP contribution in [0.15, 0.2) is 47.4 Å². The summed E-state index contributed by atoms with van der Waals surface area (Å²) in [4.78, 5) is 11.8. The van der Waals surface area contributed by atoms with Gasteiger partial charge >= 0.3 is 0 Å². The first-order valence-corrected chi connectivity index (χ1v) is 8.88. The Morgan fingerprint density at radius 2 is 1.71 bits per heavy atom. The summed E-state index contributed by atoms with van der Waals surface area (Å²) in [6.45, 7) is 3.88. The molecule has 2 N–H and O–H groups in total. The van der Waals surface area contributed by atoms with Gasteiger partial charge in [0, 0.05) is 18.7 Å². The van der Waals surface area contributed by atoms with Crippen LogP contribution in [0.25, 0.3) is 0 Å². The fourth-order valence-electron chi connectivity index (χ4n) is 2.04. The number of carbonyl (C=O) groups excluding carboxylic acids is 1. The van der Waals surface area contributed by atoms with Crippen molar-refractivity contribution < 1.29 is 17.6 Å². The van der Waals surface area contributed by atoms with Gasteiger partial charge in [-0.1, -0.05) is 6.07 Å². The van der Waals surface area contributed by atoms with Crippen LogP contribution in [0.2, 0.25) is 0 Å². The highest BCUT2D eigenvalue weighted by molar-refractivity contribution is 7.89. The lowest BCUT2D eigenvalue weighted by atomic mass is 10.1. The molecule has 2 aromatic rings. The van der Waals surface area contributed by atoms with Crippen molar-refractivity contribution in [2.45, 2.75) is 25.2 Å². The predicted octanol–water partition coefficient (Wildman–Crippen LogP) is 2.75. The van der Waals surface area contributed by atoms with Crippen LogP contribution < -0.4 is 10.0 Å². The number of benzene rings is 2. The molecule has 0 saturated carbocycles. The summed E-state index contributed by atoms with van der Waals surface area (Å²) in [6.07, 6.45) is -0.00660. The molecule has 24 heavy (non-hydrogen) atoms. The van der Waals surface area contributed by atoms with E-state index in [1.54, 1.807) is 6.07 Å². The third-order valence-corrected chi connectivity index (χ3v) is 5.04. The molecule has 5 nitrogen and oxygen atoms in total. The number of carbonyl (C=O) groups is 1. The summed E-state index contributed by atoms with van der Waals surface area (Å²) in [6, 6.07) is 10.0. The molecule has 128 valence electrons. The summed E-state index contributed by atoms with van der Waals surface area (Å²) in [7, 11) is -3.75. The van der Waals surface area contributed by atoms with Gasteiger partial charge in [0.2, 0.25) is 15.9 Å². The van der Waals surface area contributed by atoms with Crippen molar-refractivity contribution in [3.05, 3.63) is 59.4 Å². The zero-order valence-electron chi connectivity index (χ0n) is 13.5. The fourth-order valence-corrected chi connectivity index (χ4v) is 3.07. The summed E-state index contributed by atoms with van der Waals surface area (Å²) < 4.78 is 39.1. The van der Waals surface area contributed by atoms with Gasteiger partial charge in [-0.3, -0.25) is 4.79 Å². The van der Waals surface area contributed by atoms with Crippen molar-refractivity contribution in [3.8, 4) is 0 Å². The summed E-state index contributed by atoms with van der Waals surface area (Å²) in [5.41, 5.74) is 2.86. The summed E-state index contributed by atoms with van der Waals surface area (Å²) in [5.74, 6) is -0.804. The minimum atomic E-state index is -3.75. The number of sulfonamides is 1. The van der Waals surface area contributed by atoms with Crippen LogP contribution in [-0.2, 0) is 14.8 Å². The quantitative estimate of drug-likeness (QED) is 0.841. The van der Waals surface area contributed by atoms with E-state index in [0.717, 1.165) is 23.3 Å². The number of aryl methyl sites for hydroxylation is 2. The van der Waals surface area contributed by atoms with Crippen LogP contribution in [0.4, 0.5) is 10.1 Å². The predicted molar refractivity (Wildman–Crippen MR) is 90.8 cm³/mol. The molecule has 0 aliphatic heterocycles. The van der Waals surface area contributed by atoms with Crippen LogP contribution in [0, 0.1) is 19.7 Å². The lowest BCUT2D eigenvalue weighted by molar-refractivity contribution is -0.116. The number of hydrogen-bond acceptors (Lipinski definition) is 3. The molecule has 0 radical (unpaired) electrons. The topological polar surface area (TPSA) is 75.3 Å². The maximum absolute atomic E-state index is 12.8. The normalized spacial score (nSPS) is 11.3. The molecule has 2 rings (SSSR count). The molecule has 0 heterocycles. The van der Waals surface area contributed by atoms with E-state index < -0.39 is 15.8 Å². The molecule has 0 unspecified atom stereocenters. The van der Waals surface area contributed by atoms with E-state index in [1.807, 2.05) is 26.0 Å². The molecule has 0 atom stereocenters. The van der Waals surface area contributed by atoms with Crippen molar-refractivity contribution in [1.82, 2.24) is 4.72 Å². The van der Waals surface area contributed by atoms with Gasteiger partial charge in [0.1, 0.15) is 5.82 Å². The van der Waals surface area contributed by atoms with Crippen molar-refractivity contribution in [2.24, 2.45) is 0 Å². The van der Waals surface area contributed by atoms with E-state index in [2.05, 4.69) is 10.0 Å².